The van der Waals surface area contributed by atoms with Gasteiger partial charge in [0.1, 0.15) is 12.2 Å². The van der Waals surface area contributed by atoms with Gasteiger partial charge in [0.15, 0.2) is 0 Å². The maximum atomic E-state index is 13.1. The highest BCUT2D eigenvalue weighted by Crippen LogP contribution is 2.28. The first-order chi connectivity index (χ1) is 17.0. The fourth-order valence-electron chi connectivity index (χ4n) is 3.73. The van der Waals surface area contributed by atoms with Crippen molar-refractivity contribution >= 4 is 39.1 Å². The molecule has 0 saturated heterocycles. The van der Waals surface area contributed by atoms with Crippen molar-refractivity contribution in [2.75, 3.05) is 12.4 Å². The molecule has 2 atom stereocenters. The Morgan fingerprint density at radius 2 is 1.69 bits per heavy atom. The molecule has 0 saturated carbocycles. The minimum absolute atomic E-state index is 0.0303. The Labute approximate surface area is 213 Å². The minimum atomic E-state index is -3.91. The number of aliphatic hydroxyl groups excluding tert-OH is 1. The molecule has 11 heteroatoms. The maximum Gasteiger partial charge on any atom is 0.404 e. The molecule has 0 heterocycles. The number of benzene rings is 3. The van der Waals surface area contributed by atoms with Gasteiger partial charge in [0, 0.05) is 17.8 Å². The van der Waals surface area contributed by atoms with Crippen LogP contribution in [-0.2, 0) is 21.0 Å². The number of aliphatic hydroxyl groups is 1. The molecule has 1 unspecified atom stereocenters. The largest absolute Gasteiger partial charge is 0.443 e. The molecule has 0 bridgehead atoms. The Balaban J connectivity index is 1.78. The summed E-state index contributed by atoms with van der Waals surface area (Å²) in [5, 5.41) is 13.9. The number of primary amides is 2. The summed E-state index contributed by atoms with van der Waals surface area (Å²) in [6.45, 7) is 0. The number of hydrogen-bond acceptors (Lipinski definition) is 7. The highest BCUT2D eigenvalue weighted by atomic mass is 35.5. The van der Waals surface area contributed by atoms with E-state index in [1.54, 1.807) is 43.4 Å². The van der Waals surface area contributed by atoms with Gasteiger partial charge in [-0.05, 0) is 66.4 Å². The van der Waals surface area contributed by atoms with Crippen LogP contribution in [0.5, 0.6) is 0 Å². The number of halogens is 1. The predicted molar refractivity (Wildman–Crippen MR) is 136 cm³/mol. The molecule has 0 radical (unpaired) electrons. The second-order valence-corrected chi connectivity index (χ2v) is 10.4. The zero-order valence-electron chi connectivity index (χ0n) is 19.3. The average molecular weight is 532 g/mol. The minimum Gasteiger partial charge on any atom is -0.443 e. The molecule has 3 rings (SSSR count). The van der Waals surface area contributed by atoms with Crippen LogP contribution in [0, 0.1) is 0 Å². The summed E-state index contributed by atoms with van der Waals surface area (Å²) in [6, 6.07) is 16.8. The first-order valence-electron chi connectivity index (χ1n) is 10.9. The summed E-state index contributed by atoms with van der Waals surface area (Å²) in [7, 11) is -2.31. The smallest absolute Gasteiger partial charge is 0.404 e. The Morgan fingerprint density at radius 3 is 2.28 bits per heavy atom. The zero-order valence-corrected chi connectivity index (χ0v) is 20.9. The number of rotatable bonds is 10. The lowest BCUT2D eigenvalue weighted by molar-refractivity contribution is 0.000956. The molecule has 36 heavy (non-hydrogen) atoms. The molecule has 0 aliphatic heterocycles. The standard InChI is InChI=1S/C25H26ClN3O6S/c1-29-21-11-10-19(14-20(21)24(27)31)36(33,34)18-8-5-15(6-9-18)7-12-22(35-25(28)32)23(30)16-3-2-4-17(26)13-16/h2-6,8-11,13-14,22-23,29-30H,7,12H2,1H3,(H2,27,31)(H2,28,32)/t22?,23-/m1/s1. The van der Waals surface area contributed by atoms with Crippen molar-refractivity contribution in [2.45, 2.75) is 34.8 Å². The first kappa shape index (κ1) is 27.0. The van der Waals surface area contributed by atoms with Gasteiger partial charge in [-0.2, -0.15) is 0 Å². The van der Waals surface area contributed by atoms with Crippen LogP contribution in [0.2, 0.25) is 5.02 Å². The summed E-state index contributed by atoms with van der Waals surface area (Å²) >= 11 is 5.99. The topological polar surface area (TPSA) is 162 Å². The summed E-state index contributed by atoms with van der Waals surface area (Å²) < 4.78 is 31.3. The summed E-state index contributed by atoms with van der Waals surface area (Å²) in [4.78, 5) is 23.1. The van der Waals surface area contributed by atoms with E-state index in [0.717, 1.165) is 5.56 Å². The highest BCUT2D eigenvalue weighted by molar-refractivity contribution is 7.91. The van der Waals surface area contributed by atoms with Gasteiger partial charge in [-0.25, -0.2) is 13.2 Å². The number of sulfone groups is 1. The monoisotopic (exact) mass is 531 g/mol. The number of anilines is 1. The zero-order chi connectivity index (χ0) is 26.5. The van der Waals surface area contributed by atoms with E-state index >= 15 is 0 Å². The molecule has 2 amide bonds. The van der Waals surface area contributed by atoms with Crippen molar-refractivity contribution in [1.29, 1.82) is 0 Å². The lowest BCUT2D eigenvalue weighted by atomic mass is 9.98. The Hall–Kier alpha value is -3.60. The van der Waals surface area contributed by atoms with Crippen LogP contribution in [-0.4, -0.2) is 38.7 Å². The molecule has 190 valence electrons. The van der Waals surface area contributed by atoms with Gasteiger partial charge >= 0.3 is 6.09 Å². The molecule has 3 aromatic rings. The van der Waals surface area contributed by atoms with Gasteiger partial charge in [-0.1, -0.05) is 35.9 Å². The summed E-state index contributed by atoms with van der Waals surface area (Å²) in [5.74, 6) is -0.751. The molecule has 0 fully saturated rings. The van der Waals surface area contributed by atoms with Crippen LogP contribution in [0.25, 0.3) is 0 Å². The third kappa shape index (κ3) is 6.34. The van der Waals surface area contributed by atoms with Gasteiger partial charge in [0.25, 0.3) is 5.91 Å². The van der Waals surface area contributed by atoms with Crippen molar-refractivity contribution in [3.05, 3.63) is 88.4 Å². The lowest BCUT2D eigenvalue weighted by Crippen LogP contribution is -2.29. The van der Waals surface area contributed by atoms with Crippen LogP contribution in [0.4, 0.5) is 10.5 Å². The quantitative estimate of drug-likeness (QED) is 0.311. The Kier molecular flexibility index (Phi) is 8.57. The van der Waals surface area contributed by atoms with Crippen molar-refractivity contribution < 1.29 is 27.9 Å². The molecular formula is C25H26ClN3O6S. The van der Waals surface area contributed by atoms with Crippen molar-refractivity contribution in [3.63, 3.8) is 0 Å². The van der Waals surface area contributed by atoms with E-state index in [1.807, 2.05) is 0 Å². The van der Waals surface area contributed by atoms with Crippen molar-refractivity contribution in [3.8, 4) is 0 Å². The number of carbonyl (C=O) groups excluding carboxylic acids is 2. The average Bonchev–Trinajstić information content (AvgIpc) is 2.85. The Morgan fingerprint density at radius 1 is 1.03 bits per heavy atom. The fourth-order valence-corrected chi connectivity index (χ4v) is 5.21. The second kappa shape index (κ2) is 11.4. The molecular weight excluding hydrogens is 506 g/mol. The van der Waals surface area contributed by atoms with E-state index in [1.165, 1.54) is 30.3 Å². The molecule has 0 aliphatic carbocycles. The third-order valence-electron chi connectivity index (χ3n) is 5.60. The van der Waals surface area contributed by atoms with Crippen molar-refractivity contribution in [1.82, 2.24) is 0 Å². The predicted octanol–water partition coefficient (Wildman–Crippen LogP) is 3.44. The number of nitrogens with two attached hydrogens (primary N) is 2. The van der Waals surface area contributed by atoms with Crippen LogP contribution >= 0.6 is 11.6 Å². The molecule has 0 aliphatic rings. The SMILES string of the molecule is CNc1ccc(S(=O)(=O)c2ccc(CCC(OC(N)=O)[C@H](O)c3cccc(Cl)c3)cc2)cc1C(N)=O. The van der Waals surface area contributed by atoms with E-state index < -0.39 is 34.0 Å². The number of nitrogens with one attached hydrogen (secondary N) is 1. The fraction of sp³-hybridized carbons (Fsp3) is 0.200. The molecule has 9 nitrogen and oxygen atoms in total. The molecule has 0 spiro atoms. The van der Waals surface area contributed by atoms with Crippen LogP contribution < -0.4 is 16.8 Å². The second-order valence-electron chi connectivity index (χ2n) is 7.98. The van der Waals surface area contributed by atoms with E-state index in [-0.39, 0.29) is 21.8 Å². The highest BCUT2D eigenvalue weighted by Gasteiger charge is 2.25. The van der Waals surface area contributed by atoms with Crippen LogP contribution in [0.3, 0.4) is 0 Å². The Bertz CT molecular complexity index is 1360. The number of carbonyl (C=O) groups is 2. The van der Waals surface area contributed by atoms with E-state index in [2.05, 4.69) is 5.32 Å². The van der Waals surface area contributed by atoms with E-state index in [0.29, 0.717) is 22.7 Å². The van der Waals surface area contributed by atoms with Gasteiger partial charge in [0.05, 0.1) is 15.4 Å². The van der Waals surface area contributed by atoms with Crippen LogP contribution in [0.15, 0.2) is 76.5 Å². The molecule has 0 aromatic heterocycles. The maximum absolute atomic E-state index is 13.1. The normalized spacial score (nSPS) is 13.0. The molecule has 3 aromatic carbocycles. The van der Waals surface area contributed by atoms with Gasteiger partial charge in [-0.3, -0.25) is 4.79 Å². The van der Waals surface area contributed by atoms with Gasteiger partial charge in [0.2, 0.25) is 9.84 Å². The molecule has 6 N–H and O–H groups in total. The number of hydrogen-bond donors (Lipinski definition) is 4. The van der Waals surface area contributed by atoms with E-state index in [9.17, 15) is 23.1 Å². The number of amides is 2. The third-order valence-corrected chi connectivity index (χ3v) is 7.60. The number of ether oxygens (including phenoxy) is 1. The lowest BCUT2D eigenvalue weighted by Gasteiger charge is -2.23. The van der Waals surface area contributed by atoms with Crippen LogP contribution in [0.1, 0.15) is 34.0 Å². The number of aryl methyl sites for hydroxylation is 1. The van der Waals surface area contributed by atoms with Gasteiger partial charge < -0.3 is 26.6 Å². The van der Waals surface area contributed by atoms with Crippen molar-refractivity contribution in [2.24, 2.45) is 11.5 Å². The summed E-state index contributed by atoms with van der Waals surface area (Å²) in [5.41, 5.74) is 12.3. The van der Waals surface area contributed by atoms with Gasteiger partial charge in [-0.15, -0.1) is 0 Å². The summed E-state index contributed by atoms with van der Waals surface area (Å²) in [6.07, 6.45) is -2.55. The van der Waals surface area contributed by atoms with E-state index in [4.69, 9.17) is 27.8 Å². The first-order valence-corrected chi connectivity index (χ1v) is 12.7.